The van der Waals surface area contributed by atoms with Crippen molar-refractivity contribution in [3.05, 3.63) is 0 Å². The van der Waals surface area contributed by atoms with E-state index in [0.717, 1.165) is 32.1 Å². The van der Waals surface area contributed by atoms with E-state index < -0.39 is 13.9 Å². The Morgan fingerprint density at radius 1 is 0.722 bits per heavy atom. The van der Waals surface area contributed by atoms with Gasteiger partial charge in [0.25, 0.3) is 0 Å². The molecule has 0 heterocycles. The molecule has 2 atom stereocenters. The van der Waals surface area contributed by atoms with E-state index in [-0.39, 0.29) is 32.3 Å². The molecule has 0 amide bonds. The Kier molecular flexibility index (Phi) is 25.8. The highest BCUT2D eigenvalue weighted by Crippen LogP contribution is 2.43. The second kappa shape index (κ2) is 26.1. The van der Waals surface area contributed by atoms with Gasteiger partial charge in [-0.1, -0.05) is 110 Å². The van der Waals surface area contributed by atoms with Crippen molar-refractivity contribution in [3.8, 4) is 0 Å². The number of unbranched alkanes of at least 4 members (excludes halogenated alkanes) is 15. The summed E-state index contributed by atoms with van der Waals surface area (Å²) in [6, 6.07) is 0. The van der Waals surface area contributed by atoms with Gasteiger partial charge in [-0.25, -0.2) is 4.57 Å². The Balaban J connectivity index is 4.19. The lowest BCUT2D eigenvalue weighted by atomic mass is 10.1. The van der Waals surface area contributed by atoms with Gasteiger partial charge in [-0.2, -0.15) is 0 Å². The maximum Gasteiger partial charge on any atom is 0.472 e. The fourth-order valence-corrected chi connectivity index (χ4v) is 4.64. The molecule has 0 spiro atoms. The Hall–Kier alpha value is -0.500. The van der Waals surface area contributed by atoms with Crippen molar-refractivity contribution < 1.29 is 32.8 Å². The first kappa shape index (κ1) is 35.5. The average Bonchev–Trinajstić information content (AvgIpc) is 2.86. The summed E-state index contributed by atoms with van der Waals surface area (Å²) in [6.45, 7) is 4.86. The van der Waals surface area contributed by atoms with Crippen molar-refractivity contribution in [1.82, 2.24) is 0 Å². The molecular formula is C27H56NO7P. The van der Waals surface area contributed by atoms with E-state index >= 15 is 0 Å². The van der Waals surface area contributed by atoms with Crippen molar-refractivity contribution >= 4 is 13.8 Å². The van der Waals surface area contributed by atoms with Crippen LogP contribution in [-0.2, 0) is 27.9 Å². The summed E-state index contributed by atoms with van der Waals surface area (Å²) in [6.07, 6.45) is 19.8. The van der Waals surface area contributed by atoms with E-state index in [2.05, 4.69) is 13.8 Å². The molecule has 0 aromatic rings. The zero-order valence-corrected chi connectivity index (χ0v) is 24.2. The highest BCUT2D eigenvalue weighted by atomic mass is 31.2. The van der Waals surface area contributed by atoms with Crippen LogP contribution in [-0.4, -0.2) is 49.9 Å². The van der Waals surface area contributed by atoms with Crippen molar-refractivity contribution in [3.63, 3.8) is 0 Å². The van der Waals surface area contributed by atoms with Crippen LogP contribution in [0, 0.1) is 0 Å². The number of phosphoric ester groups is 1. The molecular weight excluding hydrogens is 481 g/mol. The molecule has 0 rings (SSSR count). The molecule has 36 heavy (non-hydrogen) atoms. The summed E-state index contributed by atoms with van der Waals surface area (Å²) in [5.74, 6) is -0.335. The monoisotopic (exact) mass is 537 g/mol. The van der Waals surface area contributed by atoms with Crippen LogP contribution in [0.15, 0.2) is 0 Å². The number of rotatable bonds is 28. The van der Waals surface area contributed by atoms with Gasteiger partial charge in [-0.05, 0) is 12.8 Å². The smallest absolute Gasteiger partial charge is 0.457 e. The summed E-state index contributed by atoms with van der Waals surface area (Å²) in [4.78, 5) is 22.1. The third kappa shape index (κ3) is 25.2. The number of hydrogen-bond donors (Lipinski definition) is 2. The zero-order chi connectivity index (χ0) is 26.7. The highest BCUT2D eigenvalue weighted by molar-refractivity contribution is 7.47. The second-order valence-corrected chi connectivity index (χ2v) is 11.1. The lowest BCUT2D eigenvalue weighted by molar-refractivity contribution is -0.154. The lowest BCUT2D eigenvalue weighted by Crippen LogP contribution is -2.28. The number of esters is 1. The number of phosphoric acid groups is 1. The van der Waals surface area contributed by atoms with Gasteiger partial charge in [0, 0.05) is 19.6 Å². The van der Waals surface area contributed by atoms with E-state index in [1.165, 1.54) is 77.0 Å². The minimum absolute atomic E-state index is 0.0915. The topological polar surface area (TPSA) is 117 Å². The van der Waals surface area contributed by atoms with Gasteiger partial charge in [0.2, 0.25) is 0 Å². The van der Waals surface area contributed by atoms with E-state index in [0.29, 0.717) is 13.0 Å². The fraction of sp³-hybridized carbons (Fsp3) is 0.963. The molecule has 0 aliphatic carbocycles. The van der Waals surface area contributed by atoms with Crippen molar-refractivity contribution in [2.45, 2.75) is 136 Å². The minimum Gasteiger partial charge on any atom is -0.457 e. The molecule has 2 unspecified atom stereocenters. The van der Waals surface area contributed by atoms with E-state index in [9.17, 15) is 14.3 Å². The number of hydrogen-bond acceptors (Lipinski definition) is 7. The first-order valence-corrected chi connectivity index (χ1v) is 16.0. The molecule has 0 saturated carbocycles. The quantitative estimate of drug-likeness (QED) is 0.0618. The minimum atomic E-state index is -4.24. The molecule has 0 bridgehead atoms. The first-order valence-electron chi connectivity index (χ1n) is 14.5. The van der Waals surface area contributed by atoms with Gasteiger partial charge in [0.05, 0.1) is 19.8 Å². The van der Waals surface area contributed by atoms with Crippen LogP contribution in [0.25, 0.3) is 0 Å². The molecule has 0 aromatic heterocycles. The van der Waals surface area contributed by atoms with Crippen LogP contribution in [0.3, 0.4) is 0 Å². The van der Waals surface area contributed by atoms with Crippen LogP contribution < -0.4 is 5.73 Å². The molecule has 0 aromatic carbocycles. The second-order valence-electron chi connectivity index (χ2n) is 9.63. The zero-order valence-electron chi connectivity index (χ0n) is 23.3. The summed E-state index contributed by atoms with van der Waals surface area (Å²) >= 11 is 0. The third-order valence-corrected chi connectivity index (χ3v) is 7.01. The molecule has 0 aliphatic heterocycles. The van der Waals surface area contributed by atoms with Gasteiger partial charge >= 0.3 is 13.8 Å². The van der Waals surface area contributed by atoms with Crippen molar-refractivity contribution in [2.24, 2.45) is 5.73 Å². The SMILES string of the molecule is CCCCCCCCCCCCC(=O)OC(COCCCCCCCCC)COP(=O)(O)OCCN. The van der Waals surface area contributed by atoms with Gasteiger partial charge in [-0.15, -0.1) is 0 Å². The molecule has 0 radical (unpaired) electrons. The standard InChI is InChI=1S/C27H56NO7P/c1-3-5-7-9-11-12-13-14-16-18-20-27(29)35-26(25-34-36(30,31)33-23-21-28)24-32-22-19-17-15-10-8-6-4-2/h26H,3-25,28H2,1-2H3,(H,30,31). The lowest BCUT2D eigenvalue weighted by Gasteiger charge is -2.20. The Morgan fingerprint density at radius 2 is 1.22 bits per heavy atom. The molecule has 0 fully saturated rings. The number of ether oxygens (including phenoxy) is 2. The first-order chi connectivity index (χ1) is 17.4. The van der Waals surface area contributed by atoms with Crippen molar-refractivity contribution in [2.75, 3.05) is 33.0 Å². The maximum absolute atomic E-state index is 12.3. The third-order valence-electron chi connectivity index (χ3n) is 6.02. The highest BCUT2D eigenvalue weighted by Gasteiger charge is 2.25. The number of carbonyl (C=O) groups is 1. The molecule has 0 saturated heterocycles. The molecule has 0 aliphatic rings. The predicted molar refractivity (Wildman–Crippen MR) is 146 cm³/mol. The van der Waals surface area contributed by atoms with Crippen LogP contribution in [0.2, 0.25) is 0 Å². The summed E-state index contributed by atoms with van der Waals surface area (Å²) < 4.78 is 32.9. The molecule has 9 heteroatoms. The van der Waals surface area contributed by atoms with E-state index in [1.807, 2.05) is 0 Å². The summed E-state index contributed by atoms with van der Waals surface area (Å²) in [5.41, 5.74) is 5.30. The van der Waals surface area contributed by atoms with Crippen LogP contribution in [0.1, 0.15) is 129 Å². The van der Waals surface area contributed by atoms with Crippen LogP contribution >= 0.6 is 7.82 Å². The van der Waals surface area contributed by atoms with Gasteiger partial charge in [-0.3, -0.25) is 13.8 Å². The van der Waals surface area contributed by atoms with E-state index in [4.69, 9.17) is 24.3 Å². The number of nitrogens with two attached hydrogens (primary N) is 1. The van der Waals surface area contributed by atoms with E-state index in [1.54, 1.807) is 0 Å². The summed E-state index contributed by atoms with van der Waals surface area (Å²) in [7, 11) is -4.24. The Morgan fingerprint density at radius 3 is 1.75 bits per heavy atom. The predicted octanol–water partition coefficient (Wildman–Crippen LogP) is 7.07. The Labute approximate surface area is 221 Å². The Bertz CT molecular complexity index is 536. The summed E-state index contributed by atoms with van der Waals surface area (Å²) in [5, 5.41) is 0. The van der Waals surface area contributed by atoms with Crippen molar-refractivity contribution in [1.29, 1.82) is 0 Å². The largest absolute Gasteiger partial charge is 0.472 e. The maximum atomic E-state index is 12.3. The molecule has 3 N–H and O–H groups in total. The van der Waals surface area contributed by atoms with Gasteiger partial charge < -0.3 is 20.1 Å². The van der Waals surface area contributed by atoms with Crippen LogP contribution in [0.5, 0.6) is 0 Å². The fourth-order valence-electron chi connectivity index (χ4n) is 3.88. The molecule has 8 nitrogen and oxygen atoms in total. The molecule has 216 valence electrons. The van der Waals surface area contributed by atoms with Gasteiger partial charge in [0.15, 0.2) is 0 Å². The van der Waals surface area contributed by atoms with Crippen LogP contribution in [0.4, 0.5) is 0 Å². The number of carbonyl (C=O) groups excluding carboxylic acids is 1. The normalized spacial score (nSPS) is 14.0. The van der Waals surface area contributed by atoms with Gasteiger partial charge in [0.1, 0.15) is 6.10 Å². The average molecular weight is 538 g/mol.